The molecule has 74 valence electrons. The summed E-state index contributed by atoms with van der Waals surface area (Å²) in [5, 5.41) is 0. The first-order valence-corrected chi connectivity index (χ1v) is 3.89. The number of rotatable bonds is 6. The Kier molecular flexibility index (Phi) is 5.28. The number of hydrogen-bond donors (Lipinski definition) is 1. The smallest absolute Gasteiger partial charge is 0.309 e. The van der Waals surface area contributed by atoms with Crippen molar-refractivity contribution in [3.05, 3.63) is 0 Å². The number of hydrogen-bond acceptors (Lipinski definition) is 3. The maximum absolute atomic E-state index is 12.8. The van der Waals surface area contributed by atoms with Crippen LogP contribution < -0.4 is 5.73 Å². The van der Waals surface area contributed by atoms with Crippen LogP contribution >= 0.6 is 0 Å². The first-order valence-electron chi connectivity index (χ1n) is 3.89. The Morgan fingerprint density at radius 3 is 1.92 bits per heavy atom. The van der Waals surface area contributed by atoms with Crippen molar-refractivity contribution in [2.45, 2.75) is 26.1 Å². The van der Waals surface area contributed by atoms with Crippen molar-refractivity contribution in [2.75, 3.05) is 19.8 Å². The van der Waals surface area contributed by atoms with Crippen molar-refractivity contribution in [3.63, 3.8) is 0 Å². The second kappa shape index (κ2) is 5.40. The molecule has 0 unspecified atom stereocenters. The van der Waals surface area contributed by atoms with Gasteiger partial charge in [0.05, 0.1) is 6.54 Å². The molecule has 5 heteroatoms. The van der Waals surface area contributed by atoms with E-state index >= 15 is 0 Å². The van der Waals surface area contributed by atoms with Gasteiger partial charge in [-0.3, -0.25) is 0 Å². The monoisotopic (exact) mass is 183 g/mol. The Morgan fingerprint density at radius 2 is 1.67 bits per heavy atom. The molecule has 0 saturated carbocycles. The van der Waals surface area contributed by atoms with Gasteiger partial charge < -0.3 is 15.2 Å². The number of ether oxygens (including phenoxy) is 2. The van der Waals surface area contributed by atoms with Gasteiger partial charge >= 0.3 is 5.92 Å². The minimum absolute atomic E-state index is 0.181. The molecule has 12 heavy (non-hydrogen) atoms. The highest BCUT2D eigenvalue weighted by molar-refractivity contribution is 4.71. The fraction of sp³-hybridized carbons (Fsp3) is 1.00. The van der Waals surface area contributed by atoms with Crippen molar-refractivity contribution in [3.8, 4) is 0 Å². The molecule has 0 aliphatic rings. The number of alkyl halides is 2. The van der Waals surface area contributed by atoms with Crippen LogP contribution in [0, 0.1) is 0 Å². The molecule has 0 bridgehead atoms. The molecular formula is C7H15F2NO2. The molecule has 0 aliphatic heterocycles. The summed E-state index contributed by atoms with van der Waals surface area (Å²) in [5.41, 5.74) is 4.86. The van der Waals surface area contributed by atoms with Gasteiger partial charge in [-0.2, -0.15) is 8.78 Å². The van der Waals surface area contributed by atoms with Crippen LogP contribution in [-0.2, 0) is 9.47 Å². The fourth-order valence-corrected chi connectivity index (χ4v) is 0.691. The second-order valence-electron chi connectivity index (χ2n) is 2.21. The first kappa shape index (κ1) is 11.7. The molecule has 0 saturated heterocycles. The average Bonchev–Trinajstić information content (AvgIpc) is 2.04. The van der Waals surface area contributed by atoms with Crippen molar-refractivity contribution < 1.29 is 18.3 Å². The minimum atomic E-state index is -3.11. The SMILES string of the molecule is CCOC(OCC)C(F)(F)CN. The van der Waals surface area contributed by atoms with E-state index in [-0.39, 0.29) is 13.2 Å². The third-order valence-corrected chi connectivity index (χ3v) is 1.25. The van der Waals surface area contributed by atoms with Gasteiger partial charge in [-0.15, -0.1) is 0 Å². The summed E-state index contributed by atoms with van der Waals surface area (Å²) in [6, 6.07) is 0. The molecule has 0 spiro atoms. The van der Waals surface area contributed by atoms with E-state index in [1.807, 2.05) is 0 Å². The molecule has 0 heterocycles. The summed E-state index contributed by atoms with van der Waals surface area (Å²) in [5.74, 6) is -3.11. The van der Waals surface area contributed by atoms with Crippen molar-refractivity contribution >= 4 is 0 Å². The summed E-state index contributed by atoms with van der Waals surface area (Å²) < 4.78 is 35.0. The summed E-state index contributed by atoms with van der Waals surface area (Å²) in [6.45, 7) is 2.84. The molecular weight excluding hydrogens is 168 g/mol. The van der Waals surface area contributed by atoms with Gasteiger partial charge in [-0.05, 0) is 13.8 Å². The molecule has 0 radical (unpaired) electrons. The highest BCUT2D eigenvalue weighted by Crippen LogP contribution is 2.20. The van der Waals surface area contributed by atoms with E-state index in [0.29, 0.717) is 0 Å². The molecule has 0 aliphatic carbocycles. The van der Waals surface area contributed by atoms with Crippen LogP contribution in [0.3, 0.4) is 0 Å². The lowest BCUT2D eigenvalue weighted by atomic mass is 10.3. The average molecular weight is 183 g/mol. The Balaban J connectivity index is 4.07. The zero-order valence-electron chi connectivity index (χ0n) is 7.35. The Bertz CT molecular complexity index is 116. The molecule has 3 nitrogen and oxygen atoms in total. The maximum Gasteiger partial charge on any atom is 0.309 e. The first-order chi connectivity index (χ1) is 5.58. The molecule has 0 aromatic rings. The van der Waals surface area contributed by atoms with E-state index < -0.39 is 18.8 Å². The van der Waals surface area contributed by atoms with E-state index in [9.17, 15) is 8.78 Å². The van der Waals surface area contributed by atoms with Crippen LogP contribution in [0.5, 0.6) is 0 Å². The van der Waals surface area contributed by atoms with E-state index in [4.69, 9.17) is 5.73 Å². The molecule has 0 rings (SSSR count). The van der Waals surface area contributed by atoms with Crippen LogP contribution in [0.1, 0.15) is 13.8 Å². The molecule has 2 N–H and O–H groups in total. The molecule has 0 aromatic heterocycles. The van der Waals surface area contributed by atoms with Crippen molar-refractivity contribution in [1.82, 2.24) is 0 Å². The van der Waals surface area contributed by atoms with Crippen LogP contribution in [0.25, 0.3) is 0 Å². The predicted molar refractivity (Wildman–Crippen MR) is 41.0 cm³/mol. The van der Waals surface area contributed by atoms with Gasteiger partial charge in [0.15, 0.2) is 0 Å². The van der Waals surface area contributed by atoms with E-state index in [2.05, 4.69) is 9.47 Å². The second-order valence-corrected chi connectivity index (χ2v) is 2.21. The molecule has 0 fully saturated rings. The lowest BCUT2D eigenvalue weighted by molar-refractivity contribution is -0.249. The van der Waals surface area contributed by atoms with Gasteiger partial charge in [0.1, 0.15) is 0 Å². The van der Waals surface area contributed by atoms with Crippen molar-refractivity contribution in [2.24, 2.45) is 5.73 Å². The minimum Gasteiger partial charge on any atom is -0.348 e. The van der Waals surface area contributed by atoms with Crippen LogP contribution in [-0.4, -0.2) is 32.0 Å². The molecule has 0 atom stereocenters. The lowest BCUT2D eigenvalue weighted by Gasteiger charge is -2.24. The van der Waals surface area contributed by atoms with Gasteiger partial charge in [-0.25, -0.2) is 0 Å². The standard InChI is InChI=1S/C7H15F2NO2/c1-3-11-6(12-4-2)7(8,9)5-10/h6H,3-5,10H2,1-2H3. The summed E-state index contributed by atoms with van der Waals surface area (Å²) in [7, 11) is 0. The Morgan fingerprint density at radius 1 is 1.25 bits per heavy atom. The highest BCUT2D eigenvalue weighted by Gasteiger charge is 2.39. The Labute approximate surface area is 70.8 Å². The predicted octanol–water partition coefficient (Wildman–Crippen LogP) is 0.980. The topological polar surface area (TPSA) is 44.5 Å². The number of halogens is 2. The van der Waals surface area contributed by atoms with Crippen molar-refractivity contribution in [1.29, 1.82) is 0 Å². The van der Waals surface area contributed by atoms with Crippen LogP contribution in [0.15, 0.2) is 0 Å². The van der Waals surface area contributed by atoms with Gasteiger partial charge in [0.2, 0.25) is 6.29 Å². The highest BCUT2D eigenvalue weighted by atomic mass is 19.3. The molecule has 0 aromatic carbocycles. The Hall–Kier alpha value is -0.260. The van der Waals surface area contributed by atoms with Crippen LogP contribution in [0.2, 0.25) is 0 Å². The van der Waals surface area contributed by atoms with Gasteiger partial charge in [0, 0.05) is 13.2 Å². The van der Waals surface area contributed by atoms with E-state index in [1.54, 1.807) is 13.8 Å². The quantitative estimate of drug-likeness (QED) is 0.624. The largest absolute Gasteiger partial charge is 0.348 e. The zero-order valence-corrected chi connectivity index (χ0v) is 7.35. The van der Waals surface area contributed by atoms with Gasteiger partial charge in [0.25, 0.3) is 0 Å². The zero-order chi connectivity index (χ0) is 9.61. The maximum atomic E-state index is 12.8. The summed E-state index contributed by atoms with van der Waals surface area (Å²) >= 11 is 0. The molecule has 0 amide bonds. The number of nitrogens with two attached hydrogens (primary N) is 1. The third-order valence-electron chi connectivity index (χ3n) is 1.25. The normalized spacial score (nSPS) is 12.5. The third kappa shape index (κ3) is 3.42. The van der Waals surface area contributed by atoms with E-state index in [1.165, 1.54) is 0 Å². The fourth-order valence-electron chi connectivity index (χ4n) is 0.691. The van der Waals surface area contributed by atoms with E-state index in [0.717, 1.165) is 0 Å². The summed E-state index contributed by atoms with van der Waals surface area (Å²) in [4.78, 5) is 0. The van der Waals surface area contributed by atoms with Crippen LogP contribution in [0.4, 0.5) is 8.78 Å². The summed E-state index contributed by atoms with van der Waals surface area (Å²) in [6.07, 6.45) is -1.52. The lowest BCUT2D eigenvalue weighted by Crippen LogP contribution is -2.44. The van der Waals surface area contributed by atoms with Gasteiger partial charge in [-0.1, -0.05) is 0 Å².